The number of benzene rings is 1. The molecule has 0 bridgehead atoms. The van der Waals surface area contributed by atoms with Crippen molar-refractivity contribution < 1.29 is 14.3 Å². The first-order valence-corrected chi connectivity index (χ1v) is 9.17. The number of hydrogen-bond acceptors (Lipinski definition) is 3. The number of nitrogens with zero attached hydrogens (tertiary/aromatic N) is 2. The third kappa shape index (κ3) is 3.65. The highest BCUT2D eigenvalue weighted by Gasteiger charge is 2.41. The van der Waals surface area contributed by atoms with Crippen LogP contribution in [0.1, 0.15) is 45.6 Å². The van der Waals surface area contributed by atoms with Gasteiger partial charge in [-0.2, -0.15) is 0 Å². The number of amides is 2. The number of ether oxygens (including phenoxy) is 1. The van der Waals surface area contributed by atoms with Gasteiger partial charge >= 0.3 is 0 Å². The average Bonchev–Trinajstić information content (AvgIpc) is 2.55. The molecule has 0 N–H and O–H groups in total. The molecule has 0 radical (unpaired) electrons. The number of carbonyl (C=O) groups excluding carboxylic acids is 2. The van der Waals surface area contributed by atoms with E-state index in [4.69, 9.17) is 4.74 Å². The molecule has 0 saturated carbocycles. The zero-order chi connectivity index (χ0) is 18.2. The standard InChI is InChI=1S/C20H28N2O3/c1-14-7-8-17-16(12-14)22(19(24)20(3,4)25-17)11-9-18(23)21-10-5-6-15(2)13-21/h7-8,12,15H,5-6,9-11,13H2,1-4H3. The Balaban J connectivity index is 1.75. The minimum atomic E-state index is -0.912. The topological polar surface area (TPSA) is 49.9 Å². The van der Waals surface area contributed by atoms with E-state index in [1.54, 1.807) is 18.7 Å². The summed E-state index contributed by atoms with van der Waals surface area (Å²) in [7, 11) is 0. The molecular formula is C20H28N2O3. The van der Waals surface area contributed by atoms with Gasteiger partial charge in [-0.1, -0.05) is 13.0 Å². The lowest BCUT2D eigenvalue weighted by atomic mass is 10.00. The highest BCUT2D eigenvalue weighted by atomic mass is 16.5. The van der Waals surface area contributed by atoms with Crippen LogP contribution in [-0.2, 0) is 9.59 Å². The molecule has 0 aliphatic carbocycles. The molecule has 5 nitrogen and oxygen atoms in total. The maximum atomic E-state index is 12.8. The summed E-state index contributed by atoms with van der Waals surface area (Å²) >= 11 is 0. The van der Waals surface area contributed by atoms with Gasteiger partial charge in [-0.3, -0.25) is 9.59 Å². The molecule has 2 aliphatic heterocycles. The van der Waals surface area contributed by atoms with Crippen molar-refractivity contribution >= 4 is 17.5 Å². The minimum absolute atomic E-state index is 0.0922. The number of aryl methyl sites for hydroxylation is 1. The number of piperidine rings is 1. The van der Waals surface area contributed by atoms with Gasteiger partial charge in [0.25, 0.3) is 5.91 Å². The Kier molecular flexibility index (Phi) is 4.76. The summed E-state index contributed by atoms with van der Waals surface area (Å²) in [6.45, 7) is 9.79. The largest absolute Gasteiger partial charge is 0.476 e. The summed E-state index contributed by atoms with van der Waals surface area (Å²) in [5.74, 6) is 1.31. The van der Waals surface area contributed by atoms with Gasteiger partial charge in [0.05, 0.1) is 5.69 Å². The summed E-state index contributed by atoms with van der Waals surface area (Å²) in [6.07, 6.45) is 2.60. The first-order chi connectivity index (χ1) is 11.8. The fourth-order valence-corrected chi connectivity index (χ4v) is 3.68. The van der Waals surface area contributed by atoms with Gasteiger partial charge in [-0.25, -0.2) is 0 Å². The molecule has 1 fully saturated rings. The number of likely N-dealkylation sites (tertiary alicyclic amines) is 1. The lowest BCUT2D eigenvalue weighted by Crippen LogP contribution is -2.53. The number of fused-ring (bicyclic) bond motifs is 1. The van der Waals surface area contributed by atoms with Crippen molar-refractivity contribution in [3.05, 3.63) is 23.8 Å². The minimum Gasteiger partial charge on any atom is -0.476 e. The van der Waals surface area contributed by atoms with Crippen LogP contribution in [0.2, 0.25) is 0 Å². The molecule has 1 saturated heterocycles. The smallest absolute Gasteiger partial charge is 0.270 e. The highest BCUT2D eigenvalue weighted by molar-refractivity contribution is 6.02. The second kappa shape index (κ2) is 6.70. The van der Waals surface area contributed by atoms with E-state index < -0.39 is 5.60 Å². The Hall–Kier alpha value is -2.04. The maximum absolute atomic E-state index is 12.8. The molecule has 25 heavy (non-hydrogen) atoms. The molecule has 0 aromatic heterocycles. The van der Waals surface area contributed by atoms with Gasteiger partial charge in [0, 0.05) is 26.1 Å². The van der Waals surface area contributed by atoms with Crippen LogP contribution in [0.3, 0.4) is 0 Å². The van der Waals surface area contributed by atoms with E-state index in [9.17, 15) is 9.59 Å². The Bertz CT molecular complexity index is 684. The van der Waals surface area contributed by atoms with Crippen molar-refractivity contribution in [3.8, 4) is 5.75 Å². The average molecular weight is 344 g/mol. The summed E-state index contributed by atoms with van der Waals surface area (Å²) < 4.78 is 5.87. The summed E-state index contributed by atoms with van der Waals surface area (Å²) in [5, 5.41) is 0. The van der Waals surface area contributed by atoms with Crippen molar-refractivity contribution in [3.63, 3.8) is 0 Å². The monoisotopic (exact) mass is 344 g/mol. The Morgan fingerprint density at radius 1 is 1.36 bits per heavy atom. The molecule has 2 heterocycles. The second-order valence-electron chi connectivity index (χ2n) is 7.88. The molecule has 136 valence electrons. The summed E-state index contributed by atoms with van der Waals surface area (Å²) in [6, 6.07) is 5.83. The molecule has 1 unspecified atom stereocenters. The van der Waals surface area contributed by atoms with Crippen molar-refractivity contribution in [2.75, 3.05) is 24.5 Å². The van der Waals surface area contributed by atoms with Crippen molar-refractivity contribution in [2.24, 2.45) is 5.92 Å². The second-order valence-corrected chi connectivity index (χ2v) is 7.88. The predicted molar refractivity (Wildman–Crippen MR) is 97.8 cm³/mol. The Labute approximate surface area is 149 Å². The summed E-state index contributed by atoms with van der Waals surface area (Å²) in [4.78, 5) is 29.1. The van der Waals surface area contributed by atoms with E-state index in [1.165, 1.54) is 6.42 Å². The van der Waals surface area contributed by atoms with Gasteiger partial charge in [0.1, 0.15) is 5.75 Å². The number of carbonyl (C=O) groups is 2. The van der Waals surface area contributed by atoms with Crippen LogP contribution in [0.15, 0.2) is 18.2 Å². The zero-order valence-corrected chi connectivity index (χ0v) is 15.7. The summed E-state index contributed by atoms with van der Waals surface area (Å²) in [5.41, 5.74) is 0.922. The first-order valence-electron chi connectivity index (χ1n) is 9.17. The van der Waals surface area contributed by atoms with Crippen LogP contribution in [0.4, 0.5) is 5.69 Å². The SMILES string of the molecule is Cc1ccc2c(c1)N(CCC(=O)N1CCCC(C)C1)C(=O)C(C)(C)O2. The van der Waals surface area contributed by atoms with Crippen LogP contribution >= 0.6 is 0 Å². The molecule has 3 rings (SSSR count). The molecule has 5 heteroatoms. The molecule has 0 spiro atoms. The zero-order valence-electron chi connectivity index (χ0n) is 15.7. The number of anilines is 1. The van der Waals surface area contributed by atoms with Gasteiger partial charge in [-0.05, 0) is 57.2 Å². The lowest BCUT2D eigenvalue weighted by Gasteiger charge is -2.39. The van der Waals surface area contributed by atoms with Crippen LogP contribution in [0.5, 0.6) is 5.75 Å². The van der Waals surface area contributed by atoms with E-state index in [-0.39, 0.29) is 11.8 Å². The van der Waals surface area contributed by atoms with Crippen LogP contribution < -0.4 is 9.64 Å². The van der Waals surface area contributed by atoms with Gasteiger partial charge in [-0.15, -0.1) is 0 Å². The predicted octanol–water partition coefficient (Wildman–Crippen LogP) is 3.15. The van der Waals surface area contributed by atoms with Gasteiger partial charge < -0.3 is 14.5 Å². The Morgan fingerprint density at radius 3 is 2.84 bits per heavy atom. The van der Waals surface area contributed by atoms with E-state index in [0.717, 1.165) is 30.8 Å². The molecular weight excluding hydrogens is 316 g/mol. The number of hydrogen-bond donors (Lipinski definition) is 0. The fourth-order valence-electron chi connectivity index (χ4n) is 3.68. The molecule has 2 aliphatic rings. The van der Waals surface area contributed by atoms with Crippen LogP contribution in [-0.4, -0.2) is 41.9 Å². The third-order valence-electron chi connectivity index (χ3n) is 5.09. The van der Waals surface area contributed by atoms with Crippen molar-refractivity contribution in [1.82, 2.24) is 4.90 Å². The third-order valence-corrected chi connectivity index (χ3v) is 5.09. The molecule has 1 aromatic rings. The van der Waals surface area contributed by atoms with Crippen molar-refractivity contribution in [1.29, 1.82) is 0 Å². The van der Waals surface area contributed by atoms with Gasteiger partial charge in [0.2, 0.25) is 5.91 Å². The number of rotatable bonds is 3. The van der Waals surface area contributed by atoms with E-state index in [1.807, 2.05) is 30.0 Å². The normalized spacial score (nSPS) is 22.4. The maximum Gasteiger partial charge on any atom is 0.270 e. The van der Waals surface area contributed by atoms with E-state index in [0.29, 0.717) is 24.6 Å². The molecule has 1 atom stereocenters. The highest BCUT2D eigenvalue weighted by Crippen LogP contribution is 2.38. The molecule has 1 aromatic carbocycles. The quantitative estimate of drug-likeness (QED) is 0.846. The first kappa shape index (κ1) is 17.8. The van der Waals surface area contributed by atoms with E-state index in [2.05, 4.69) is 6.92 Å². The fraction of sp³-hybridized carbons (Fsp3) is 0.600. The lowest BCUT2D eigenvalue weighted by molar-refractivity contribution is -0.134. The van der Waals surface area contributed by atoms with E-state index >= 15 is 0 Å². The van der Waals surface area contributed by atoms with Crippen LogP contribution in [0, 0.1) is 12.8 Å². The van der Waals surface area contributed by atoms with Crippen LogP contribution in [0.25, 0.3) is 0 Å². The Morgan fingerprint density at radius 2 is 2.12 bits per heavy atom. The molecule has 2 amide bonds. The van der Waals surface area contributed by atoms with Gasteiger partial charge in [0.15, 0.2) is 5.60 Å². The van der Waals surface area contributed by atoms with Crippen molar-refractivity contribution in [2.45, 2.75) is 52.6 Å².